The SMILES string of the molecule is Cc1cnc(CCN=C(N)NC(C)c2ccc(Cl)cc2Cl)nc1.I. The van der Waals surface area contributed by atoms with Crippen LogP contribution in [0.5, 0.6) is 0 Å². The Balaban J connectivity index is 0.00000288. The molecule has 1 aromatic carbocycles. The fourth-order valence-corrected chi connectivity index (χ4v) is 2.59. The van der Waals surface area contributed by atoms with Crippen LogP contribution in [0, 0.1) is 6.92 Å². The van der Waals surface area contributed by atoms with Gasteiger partial charge in [0.05, 0.1) is 6.04 Å². The average molecular weight is 480 g/mol. The summed E-state index contributed by atoms with van der Waals surface area (Å²) in [7, 11) is 0. The van der Waals surface area contributed by atoms with Crippen molar-refractivity contribution >= 4 is 53.1 Å². The fraction of sp³-hybridized carbons (Fsp3) is 0.312. The minimum absolute atomic E-state index is 0. The van der Waals surface area contributed by atoms with Crippen LogP contribution in [0.25, 0.3) is 0 Å². The quantitative estimate of drug-likeness (QED) is 0.387. The Morgan fingerprint density at radius 1 is 1.29 bits per heavy atom. The summed E-state index contributed by atoms with van der Waals surface area (Å²) in [5.41, 5.74) is 7.86. The van der Waals surface area contributed by atoms with Gasteiger partial charge in [-0.2, -0.15) is 0 Å². The number of hydrogen-bond acceptors (Lipinski definition) is 3. The van der Waals surface area contributed by atoms with Crippen LogP contribution in [-0.2, 0) is 6.42 Å². The predicted molar refractivity (Wildman–Crippen MR) is 110 cm³/mol. The topological polar surface area (TPSA) is 76.2 Å². The van der Waals surface area contributed by atoms with E-state index in [-0.39, 0.29) is 30.0 Å². The first-order chi connectivity index (χ1) is 11.0. The van der Waals surface area contributed by atoms with Gasteiger partial charge in [-0.1, -0.05) is 29.3 Å². The molecule has 0 spiro atoms. The number of benzene rings is 1. The van der Waals surface area contributed by atoms with Gasteiger partial charge in [0.2, 0.25) is 0 Å². The normalized spacial score (nSPS) is 12.4. The molecule has 1 atom stereocenters. The molecule has 1 unspecified atom stereocenters. The Labute approximate surface area is 169 Å². The Kier molecular flexibility index (Phi) is 8.72. The van der Waals surface area contributed by atoms with E-state index in [1.165, 1.54) is 0 Å². The van der Waals surface area contributed by atoms with Gasteiger partial charge in [-0.15, -0.1) is 24.0 Å². The zero-order valence-electron chi connectivity index (χ0n) is 13.5. The highest BCUT2D eigenvalue weighted by Gasteiger charge is 2.10. The van der Waals surface area contributed by atoms with Crippen molar-refractivity contribution in [3.8, 4) is 0 Å². The van der Waals surface area contributed by atoms with Gasteiger partial charge in [-0.3, -0.25) is 4.99 Å². The maximum atomic E-state index is 6.18. The van der Waals surface area contributed by atoms with E-state index in [0.29, 0.717) is 29.0 Å². The Bertz CT molecular complexity index is 691. The van der Waals surface area contributed by atoms with Crippen LogP contribution in [0.3, 0.4) is 0 Å². The van der Waals surface area contributed by atoms with E-state index in [0.717, 1.165) is 17.0 Å². The van der Waals surface area contributed by atoms with Gasteiger partial charge < -0.3 is 11.1 Å². The third-order valence-electron chi connectivity index (χ3n) is 3.25. The molecule has 0 fully saturated rings. The standard InChI is InChI=1S/C16H19Cl2N5.HI/c1-10-8-21-15(22-9-10)5-6-20-16(19)23-11(2)13-4-3-12(17)7-14(13)18;/h3-4,7-9,11H,5-6H2,1-2H3,(H3,19,20,23);1H. The highest BCUT2D eigenvalue weighted by molar-refractivity contribution is 14.0. The lowest BCUT2D eigenvalue weighted by Crippen LogP contribution is -2.34. The first-order valence-electron chi connectivity index (χ1n) is 7.24. The molecule has 1 aromatic heterocycles. The molecule has 0 aliphatic heterocycles. The number of rotatable bonds is 5. The molecule has 2 aromatic rings. The summed E-state index contributed by atoms with van der Waals surface area (Å²) in [6, 6.07) is 5.30. The second-order valence-electron chi connectivity index (χ2n) is 5.23. The number of hydrogen-bond donors (Lipinski definition) is 2. The van der Waals surface area contributed by atoms with Gasteiger partial charge in [0.15, 0.2) is 5.96 Å². The molecule has 0 saturated heterocycles. The van der Waals surface area contributed by atoms with E-state index in [9.17, 15) is 0 Å². The molecule has 3 N–H and O–H groups in total. The minimum Gasteiger partial charge on any atom is -0.370 e. The lowest BCUT2D eigenvalue weighted by Gasteiger charge is -2.16. The average Bonchev–Trinajstić information content (AvgIpc) is 2.49. The van der Waals surface area contributed by atoms with E-state index in [1.54, 1.807) is 24.5 Å². The molecular formula is C16H20Cl2IN5. The molecule has 0 bridgehead atoms. The fourth-order valence-electron chi connectivity index (χ4n) is 2.02. The number of guanidine groups is 1. The van der Waals surface area contributed by atoms with Gasteiger partial charge in [0.25, 0.3) is 0 Å². The third kappa shape index (κ3) is 6.41. The molecular weight excluding hydrogens is 460 g/mol. The first kappa shape index (κ1) is 20.9. The molecule has 8 heteroatoms. The molecule has 24 heavy (non-hydrogen) atoms. The summed E-state index contributed by atoms with van der Waals surface area (Å²) in [4.78, 5) is 12.8. The summed E-state index contributed by atoms with van der Waals surface area (Å²) in [5.74, 6) is 1.11. The number of aromatic nitrogens is 2. The van der Waals surface area contributed by atoms with Crippen molar-refractivity contribution in [3.63, 3.8) is 0 Å². The summed E-state index contributed by atoms with van der Waals surface area (Å²) < 4.78 is 0. The number of nitrogens with two attached hydrogens (primary N) is 1. The van der Waals surface area contributed by atoms with E-state index >= 15 is 0 Å². The Morgan fingerprint density at radius 3 is 2.58 bits per heavy atom. The number of aliphatic imine (C=N–C) groups is 1. The van der Waals surface area contributed by atoms with Crippen LogP contribution in [0.1, 0.15) is 29.9 Å². The highest BCUT2D eigenvalue weighted by atomic mass is 127. The molecule has 1 heterocycles. The summed E-state index contributed by atoms with van der Waals surface area (Å²) in [6.45, 7) is 4.43. The van der Waals surface area contributed by atoms with Gasteiger partial charge in [0, 0.05) is 35.4 Å². The van der Waals surface area contributed by atoms with Crippen LogP contribution >= 0.6 is 47.2 Å². The van der Waals surface area contributed by atoms with E-state index in [2.05, 4.69) is 20.3 Å². The van der Waals surface area contributed by atoms with Gasteiger partial charge in [0.1, 0.15) is 5.82 Å². The van der Waals surface area contributed by atoms with Crippen LogP contribution in [0.2, 0.25) is 10.0 Å². The van der Waals surface area contributed by atoms with Crippen molar-refractivity contribution < 1.29 is 0 Å². The summed E-state index contributed by atoms with van der Waals surface area (Å²) in [6.07, 6.45) is 4.22. The molecule has 0 amide bonds. The van der Waals surface area contributed by atoms with Gasteiger partial charge in [-0.05, 0) is 37.1 Å². The van der Waals surface area contributed by atoms with Crippen molar-refractivity contribution in [2.24, 2.45) is 10.7 Å². The highest BCUT2D eigenvalue weighted by Crippen LogP contribution is 2.25. The van der Waals surface area contributed by atoms with Crippen LogP contribution in [0.4, 0.5) is 0 Å². The van der Waals surface area contributed by atoms with Crippen molar-refractivity contribution in [2.75, 3.05) is 6.54 Å². The molecule has 0 saturated carbocycles. The largest absolute Gasteiger partial charge is 0.370 e. The van der Waals surface area contributed by atoms with Gasteiger partial charge in [-0.25, -0.2) is 9.97 Å². The second kappa shape index (κ2) is 10.0. The number of aryl methyl sites for hydroxylation is 1. The molecule has 2 rings (SSSR count). The summed E-state index contributed by atoms with van der Waals surface area (Å²) >= 11 is 12.1. The second-order valence-corrected chi connectivity index (χ2v) is 6.07. The zero-order valence-corrected chi connectivity index (χ0v) is 17.3. The molecule has 0 aliphatic carbocycles. The van der Waals surface area contributed by atoms with E-state index < -0.39 is 0 Å². The number of nitrogens with one attached hydrogen (secondary N) is 1. The summed E-state index contributed by atoms with van der Waals surface area (Å²) in [5, 5.41) is 4.31. The van der Waals surface area contributed by atoms with E-state index in [1.807, 2.05) is 19.9 Å². The van der Waals surface area contributed by atoms with Crippen molar-refractivity contribution in [1.29, 1.82) is 0 Å². The van der Waals surface area contributed by atoms with E-state index in [4.69, 9.17) is 28.9 Å². The van der Waals surface area contributed by atoms with Crippen molar-refractivity contribution in [3.05, 3.63) is 57.6 Å². The first-order valence-corrected chi connectivity index (χ1v) is 8.00. The van der Waals surface area contributed by atoms with Crippen LogP contribution in [0.15, 0.2) is 35.6 Å². The molecule has 0 radical (unpaired) electrons. The maximum Gasteiger partial charge on any atom is 0.189 e. The van der Waals surface area contributed by atoms with Crippen LogP contribution < -0.4 is 11.1 Å². The lowest BCUT2D eigenvalue weighted by molar-refractivity contribution is 0.706. The van der Waals surface area contributed by atoms with Gasteiger partial charge >= 0.3 is 0 Å². The maximum absolute atomic E-state index is 6.18. The van der Waals surface area contributed by atoms with Crippen molar-refractivity contribution in [2.45, 2.75) is 26.3 Å². The third-order valence-corrected chi connectivity index (χ3v) is 3.81. The molecule has 0 aliphatic rings. The monoisotopic (exact) mass is 479 g/mol. The molecule has 5 nitrogen and oxygen atoms in total. The number of nitrogens with zero attached hydrogens (tertiary/aromatic N) is 3. The van der Waals surface area contributed by atoms with Crippen LogP contribution in [-0.4, -0.2) is 22.5 Å². The predicted octanol–water partition coefficient (Wildman–Crippen LogP) is 3.92. The minimum atomic E-state index is -0.0702. The number of halogens is 3. The molecule has 130 valence electrons. The smallest absolute Gasteiger partial charge is 0.189 e. The zero-order chi connectivity index (χ0) is 16.8. The Morgan fingerprint density at radius 2 is 1.96 bits per heavy atom. The lowest BCUT2D eigenvalue weighted by atomic mass is 10.1. The Hall–Kier alpha value is -1.12. The van der Waals surface area contributed by atoms with Crippen molar-refractivity contribution in [1.82, 2.24) is 15.3 Å².